The number of nitrogens with one attached hydrogen (secondary N) is 1. The van der Waals surface area contributed by atoms with Crippen LogP contribution in [0, 0.1) is 6.92 Å². The second-order valence-electron chi connectivity index (χ2n) is 5.08. The van der Waals surface area contributed by atoms with Crippen molar-refractivity contribution in [1.29, 1.82) is 0 Å². The standard InChI is InChI=1S/C19H17N3/c1-15-6-5-9-19(14-15)20-16-10-12-18(13-11-16)22-21-17-7-3-2-4-8-17/h2-14,20H,1H3/b22-21+. The van der Waals surface area contributed by atoms with Gasteiger partial charge in [0.05, 0.1) is 11.4 Å². The van der Waals surface area contributed by atoms with Crippen molar-refractivity contribution in [3.05, 3.63) is 84.4 Å². The molecule has 1 N–H and O–H groups in total. The predicted octanol–water partition coefficient (Wildman–Crippen LogP) is 6.15. The first-order valence-electron chi connectivity index (χ1n) is 7.20. The highest BCUT2D eigenvalue weighted by Gasteiger charge is 1.96. The highest BCUT2D eigenvalue weighted by atomic mass is 15.1. The van der Waals surface area contributed by atoms with Crippen molar-refractivity contribution in [2.24, 2.45) is 10.2 Å². The zero-order valence-corrected chi connectivity index (χ0v) is 12.4. The molecule has 3 rings (SSSR count). The highest BCUT2D eigenvalue weighted by Crippen LogP contribution is 2.22. The van der Waals surface area contributed by atoms with Crippen molar-refractivity contribution >= 4 is 22.7 Å². The fourth-order valence-electron chi connectivity index (χ4n) is 2.11. The molecule has 0 atom stereocenters. The zero-order chi connectivity index (χ0) is 15.2. The van der Waals surface area contributed by atoms with Crippen molar-refractivity contribution in [3.8, 4) is 0 Å². The van der Waals surface area contributed by atoms with Crippen LogP contribution in [0.3, 0.4) is 0 Å². The number of rotatable bonds is 4. The molecule has 0 unspecified atom stereocenters. The number of anilines is 2. The van der Waals surface area contributed by atoms with Crippen LogP contribution < -0.4 is 5.32 Å². The minimum Gasteiger partial charge on any atom is -0.356 e. The summed E-state index contributed by atoms with van der Waals surface area (Å²) in [6.45, 7) is 2.08. The van der Waals surface area contributed by atoms with Crippen LogP contribution in [-0.2, 0) is 0 Å². The summed E-state index contributed by atoms with van der Waals surface area (Å²) in [4.78, 5) is 0. The third-order valence-corrected chi connectivity index (χ3v) is 3.21. The summed E-state index contributed by atoms with van der Waals surface area (Å²) in [5.74, 6) is 0. The van der Waals surface area contributed by atoms with E-state index in [1.54, 1.807) is 0 Å². The molecular formula is C19H17N3. The largest absolute Gasteiger partial charge is 0.356 e. The molecule has 3 aromatic rings. The molecule has 108 valence electrons. The summed E-state index contributed by atoms with van der Waals surface area (Å²) in [6, 6.07) is 25.9. The Morgan fingerprint density at radius 3 is 2.00 bits per heavy atom. The summed E-state index contributed by atoms with van der Waals surface area (Å²) in [7, 11) is 0. The van der Waals surface area contributed by atoms with Crippen LogP contribution in [0.25, 0.3) is 0 Å². The third-order valence-electron chi connectivity index (χ3n) is 3.21. The third kappa shape index (κ3) is 3.79. The molecule has 0 heterocycles. The van der Waals surface area contributed by atoms with Crippen LogP contribution in [0.2, 0.25) is 0 Å². The van der Waals surface area contributed by atoms with Gasteiger partial charge < -0.3 is 5.32 Å². The van der Waals surface area contributed by atoms with Gasteiger partial charge in [-0.1, -0.05) is 30.3 Å². The Balaban J connectivity index is 1.69. The molecule has 0 radical (unpaired) electrons. The van der Waals surface area contributed by atoms with E-state index < -0.39 is 0 Å². The molecule has 0 amide bonds. The predicted molar refractivity (Wildman–Crippen MR) is 91.5 cm³/mol. The van der Waals surface area contributed by atoms with Gasteiger partial charge in [-0.2, -0.15) is 10.2 Å². The quantitative estimate of drug-likeness (QED) is 0.574. The van der Waals surface area contributed by atoms with Crippen LogP contribution in [0.1, 0.15) is 5.56 Å². The number of nitrogens with zero attached hydrogens (tertiary/aromatic N) is 2. The summed E-state index contributed by atoms with van der Waals surface area (Å²) in [5, 5.41) is 11.8. The molecule has 0 aliphatic rings. The van der Waals surface area contributed by atoms with Crippen molar-refractivity contribution in [1.82, 2.24) is 0 Å². The molecule has 0 spiro atoms. The number of hydrogen-bond acceptors (Lipinski definition) is 3. The molecule has 0 aliphatic heterocycles. The van der Waals surface area contributed by atoms with Crippen LogP contribution in [0.5, 0.6) is 0 Å². The van der Waals surface area contributed by atoms with Crippen LogP contribution >= 0.6 is 0 Å². The summed E-state index contributed by atoms with van der Waals surface area (Å²) in [6.07, 6.45) is 0. The minimum absolute atomic E-state index is 0.832. The lowest BCUT2D eigenvalue weighted by Gasteiger charge is -2.07. The van der Waals surface area contributed by atoms with Crippen molar-refractivity contribution in [2.75, 3.05) is 5.32 Å². The van der Waals surface area contributed by atoms with E-state index >= 15 is 0 Å². The molecule has 0 bridgehead atoms. The van der Waals surface area contributed by atoms with Crippen molar-refractivity contribution in [2.45, 2.75) is 6.92 Å². The molecule has 3 aromatic carbocycles. The SMILES string of the molecule is Cc1cccc(Nc2ccc(/N=N/c3ccccc3)cc2)c1. The van der Waals surface area contributed by atoms with Crippen LogP contribution in [0.4, 0.5) is 22.7 Å². The Bertz CT molecular complexity index is 762. The van der Waals surface area contributed by atoms with Gasteiger partial charge in [0, 0.05) is 11.4 Å². The average molecular weight is 287 g/mol. The van der Waals surface area contributed by atoms with Crippen LogP contribution in [0.15, 0.2) is 89.1 Å². The minimum atomic E-state index is 0.832. The van der Waals surface area contributed by atoms with E-state index in [2.05, 4.69) is 40.7 Å². The second kappa shape index (κ2) is 6.68. The Hall–Kier alpha value is -2.94. The van der Waals surface area contributed by atoms with E-state index in [1.807, 2.05) is 60.7 Å². The first kappa shape index (κ1) is 14.0. The van der Waals surface area contributed by atoms with E-state index in [4.69, 9.17) is 0 Å². The highest BCUT2D eigenvalue weighted by molar-refractivity contribution is 5.62. The van der Waals surface area contributed by atoms with E-state index in [0.717, 1.165) is 22.7 Å². The van der Waals surface area contributed by atoms with Crippen LogP contribution in [-0.4, -0.2) is 0 Å². The van der Waals surface area contributed by atoms with Crippen molar-refractivity contribution < 1.29 is 0 Å². The van der Waals surface area contributed by atoms with E-state index in [0.29, 0.717) is 0 Å². The molecular weight excluding hydrogens is 270 g/mol. The molecule has 0 aliphatic carbocycles. The monoisotopic (exact) mass is 287 g/mol. The molecule has 3 heteroatoms. The number of aryl methyl sites for hydroxylation is 1. The Morgan fingerprint density at radius 1 is 0.636 bits per heavy atom. The lowest BCUT2D eigenvalue weighted by Crippen LogP contribution is -1.89. The van der Waals surface area contributed by atoms with Gasteiger partial charge in [-0.3, -0.25) is 0 Å². The lowest BCUT2D eigenvalue weighted by molar-refractivity contribution is 1.23. The summed E-state index contributed by atoms with van der Waals surface area (Å²) >= 11 is 0. The van der Waals surface area contributed by atoms with Gasteiger partial charge in [0.25, 0.3) is 0 Å². The summed E-state index contributed by atoms with van der Waals surface area (Å²) < 4.78 is 0. The Labute approximate surface area is 130 Å². The molecule has 22 heavy (non-hydrogen) atoms. The summed E-state index contributed by atoms with van der Waals surface area (Å²) in [5.41, 5.74) is 5.03. The number of azo groups is 1. The number of hydrogen-bond donors (Lipinski definition) is 1. The Morgan fingerprint density at radius 2 is 1.32 bits per heavy atom. The fourth-order valence-corrected chi connectivity index (χ4v) is 2.11. The molecule has 0 saturated heterocycles. The van der Waals surface area contributed by atoms with E-state index in [-0.39, 0.29) is 0 Å². The molecule has 3 nitrogen and oxygen atoms in total. The molecule has 0 saturated carbocycles. The topological polar surface area (TPSA) is 36.8 Å². The molecule has 0 fully saturated rings. The maximum atomic E-state index is 4.24. The first-order chi connectivity index (χ1) is 10.8. The van der Waals surface area contributed by atoms with Gasteiger partial charge in [0.15, 0.2) is 0 Å². The second-order valence-corrected chi connectivity index (χ2v) is 5.08. The van der Waals surface area contributed by atoms with Gasteiger partial charge in [0.2, 0.25) is 0 Å². The lowest BCUT2D eigenvalue weighted by atomic mass is 10.2. The van der Waals surface area contributed by atoms with Gasteiger partial charge in [0.1, 0.15) is 0 Å². The molecule has 0 aromatic heterocycles. The van der Waals surface area contributed by atoms with Gasteiger partial charge >= 0.3 is 0 Å². The maximum Gasteiger partial charge on any atom is 0.0858 e. The average Bonchev–Trinajstić information content (AvgIpc) is 2.55. The van der Waals surface area contributed by atoms with E-state index in [1.165, 1.54) is 5.56 Å². The fraction of sp³-hybridized carbons (Fsp3) is 0.0526. The van der Waals surface area contributed by atoms with Crippen molar-refractivity contribution in [3.63, 3.8) is 0 Å². The van der Waals surface area contributed by atoms with Gasteiger partial charge in [-0.15, -0.1) is 0 Å². The normalized spacial score (nSPS) is 10.8. The maximum absolute atomic E-state index is 4.24. The first-order valence-corrected chi connectivity index (χ1v) is 7.20. The Kier molecular flexibility index (Phi) is 4.25. The van der Waals surface area contributed by atoms with Gasteiger partial charge in [-0.25, -0.2) is 0 Å². The smallest absolute Gasteiger partial charge is 0.0858 e. The van der Waals surface area contributed by atoms with Gasteiger partial charge in [-0.05, 0) is 61.0 Å². The zero-order valence-electron chi connectivity index (χ0n) is 12.4. The number of benzene rings is 3. The van der Waals surface area contributed by atoms with E-state index in [9.17, 15) is 0 Å².